The van der Waals surface area contributed by atoms with Crippen molar-refractivity contribution in [3.63, 3.8) is 0 Å². The maximum atomic E-state index is 12.5. The van der Waals surface area contributed by atoms with Crippen LogP contribution in [0.2, 0.25) is 0 Å². The number of carbonyl (C=O) groups is 1. The molecule has 1 aromatic heterocycles. The molecule has 1 rings (SSSR count). The number of rotatable bonds is 6. The predicted molar refractivity (Wildman–Crippen MR) is 80.4 cm³/mol. The fraction of sp³-hybridized carbons (Fsp3) is 0.643. The molecule has 120 valence electrons. The minimum atomic E-state index is -3.88. The largest absolute Gasteiger partial charge is 0.455 e. The lowest BCUT2D eigenvalue weighted by Crippen LogP contribution is -2.36. The van der Waals surface area contributed by atoms with E-state index in [0.29, 0.717) is 24.9 Å². The number of primary sulfonamides is 1. The molecule has 21 heavy (non-hydrogen) atoms. The van der Waals surface area contributed by atoms with Crippen molar-refractivity contribution in [2.75, 3.05) is 13.1 Å². The van der Waals surface area contributed by atoms with Gasteiger partial charge in [-0.3, -0.25) is 4.79 Å². The Morgan fingerprint density at radius 1 is 1.24 bits per heavy atom. The quantitative estimate of drug-likeness (QED) is 0.868. The summed E-state index contributed by atoms with van der Waals surface area (Å²) in [5.41, 5.74) is 0. The highest BCUT2D eigenvalue weighted by molar-refractivity contribution is 7.89. The lowest BCUT2D eigenvalue weighted by Gasteiger charge is -2.25. The van der Waals surface area contributed by atoms with Gasteiger partial charge >= 0.3 is 0 Å². The predicted octanol–water partition coefficient (Wildman–Crippen LogP) is 1.99. The number of hydrogen-bond donors (Lipinski definition) is 1. The topological polar surface area (TPSA) is 93.6 Å². The van der Waals surface area contributed by atoms with Crippen LogP contribution in [0.5, 0.6) is 0 Å². The van der Waals surface area contributed by atoms with Gasteiger partial charge in [0.1, 0.15) is 10.7 Å². The molecule has 1 heterocycles. The zero-order valence-electron chi connectivity index (χ0n) is 13.2. The Kier molecular flexibility index (Phi) is 5.58. The van der Waals surface area contributed by atoms with Crippen molar-refractivity contribution < 1.29 is 17.6 Å². The van der Waals surface area contributed by atoms with Gasteiger partial charge in [0.2, 0.25) is 10.0 Å². The highest BCUT2D eigenvalue weighted by Gasteiger charge is 2.25. The molecule has 0 radical (unpaired) electrons. The zero-order chi connectivity index (χ0) is 16.4. The molecule has 0 aliphatic carbocycles. The average Bonchev–Trinajstić information content (AvgIpc) is 2.68. The van der Waals surface area contributed by atoms with Gasteiger partial charge in [-0.1, -0.05) is 27.7 Å². The second-order valence-electron chi connectivity index (χ2n) is 6.07. The Hall–Kier alpha value is -1.34. The summed E-state index contributed by atoms with van der Waals surface area (Å²) >= 11 is 0. The highest BCUT2D eigenvalue weighted by atomic mass is 32.2. The monoisotopic (exact) mass is 316 g/mol. The van der Waals surface area contributed by atoms with Crippen molar-refractivity contribution in [1.29, 1.82) is 0 Å². The van der Waals surface area contributed by atoms with E-state index in [1.165, 1.54) is 13.0 Å². The minimum absolute atomic E-state index is 0.0119. The van der Waals surface area contributed by atoms with Crippen LogP contribution in [0.25, 0.3) is 0 Å². The molecular formula is C14H24N2O4S. The Balaban J connectivity index is 3.09. The Labute approximate surface area is 126 Å². The lowest BCUT2D eigenvalue weighted by molar-refractivity contribution is 0.0681. The number of hydrogen-bond acceptors (Lipinski definition) is 4. The van der Waals surface area contributed by atoms with Crippen molar-refractivity contribution in [3.8, 4) is 0 Å². The maximum Gasteiger partial charge on any atom is 0.289 e. The van der Waals surface area contributed by atoms with Crippen molar-refractivity contribution >= 4 is 15.9 Å². The third-order valence-electron chi connectivity index (χ3n) is 2.85. The van der Waals surface area contributed by atoms with Crippen LogP contribution in [0.4, 0.5) is 0 Å². The molecule has 0 spiro atoms. The van der Waals surface area contributed by atoms with Crippen LogP contribution in [0, 0.1) is 18.8 Å². The molecule has 0 unspecified atom stereocenters. The number of carbonyl (C=O) groups excluding carboxylic acids is 1. The fourth-order valence-corrected chi connectivity index (χ4v) is 2.84. The zero-order valence-corrected chi connectivity index (χ0v) is 14.0. The van der Waals surface area contributed by atoms with Gasteiger partial charge in [0.15, 0.2) is 5.76 Å². The normalized spacial score (nSPS) is 12.2. The first-order chi connectivity index (χ1) is 9.52. The van der Waals surface area contributed by atoms with Gasteiger partial charge in [-0.2, -0.15) is 0 Å². The van der Waals surface area contributed by atoms with E-state index in [2.05, 4.69) is 0 Å². The highest BCUT2D eigenvalue weighted by Crippen LogP contribution is 2.20. The van der Waals surface area contributed by atoms with Crippen molar-refractivity contribution in [1.82, 2.24) is 4.90 Å². The van der Waals surface area contributed by atoms with Crippen LogP contribution >= 0.6 is 0 Å². The first kappa shape index (κ1) is 17.7. The van der Waals surface area contributed by atoms with Gasteiger partial charge in [-0.05, 0) is 18.8 Å². The molecule has 7 heteroatoms. The minimum Gasteiger partial charge on any atom is -0.455 e. The Morgan fingerprint density at radius 2 is 1.71 bits per heavy atom. The van der Waals surface area contributed by atoms with Crippen molar-refractivity contribution in [2.45, 2.75) is 39.5 Å². The van der Waals surface area contributed by atoms with Crippen LogP contribution in [0.1, 0.15) is 44.0 Å². The summed E-state index contributed by atoms with van der Waals surface area (Å²) < 4.78 is 28.1. The maximum absolute atomic E-state index is 12.5. The smallest absolute Gasteiger partial charge is 0.289 e. The van der Waals surface area contributed by atoms with E-state index < -0.39 is 10.0 Å². The summed E-state index contributed by atoms with van der Waals surface area (Å²) in [6, 6.07) is 1.21. The third-order valence-corrected chi connectivity index (χ3v) is 3.87. The summed E-state index contributed by atoms with van der Waals surface area (Å²) in [4.78, 5) is 14.0. The van der Waals surface area contributed by atoms with E-state index in [4.69, 9.17) is 9.56 Å². The number of nitrogens with two attached hydrogens (primary N) is 1. The van der Waals surface area contributed by atoms with Crippen molar-refractivity contribution in [3.05, 3.63) is 17.6 Å². The molecule has 6 nitrogen and oxygen atoms in total. The molecule has 0 saturated carbocycles. The molecule has 0 bridgehead atoms. The van der Waals surface area contributed by atoms with E-state index in [-0.39, 0.29) is 22.3 Å². The number of aryl methyl sites for hydroxylation is 1. The van der Waals surface area contributed by atoms with Crippen LogP contribution < -0.4 is 5.14 Å². The summed E-state index contributed by atoms with van der Waals surface area (Å²) in [5.74, 6) is 0.450. The van der Waals surface area contributed by atoms with Crippen LogP contribution in [0.3, 0.4) is 0 Å². The first-order valence-electron chi connectivity index (χ1n) is 6.94. The van der Waals surface area contributed by atoms with E-state index in [1.54, 1.807) is 4.90 Å². The average molecular weight is 316 g/mol. The van der Waals surface area contributed by atoms with E-state index in [1.807, 2.05) is 27.7 Å². The van der Waals surface area contributed by atoms with Crippen LogP contribution in [-0.2, 0) is 10.0 Å². The number of amides is 1. The summed E-state index contributed by atoms with van der Waals surface area (Å²) in [6.07, 6.45) is 0. The molecule has 0 atom stereocenters. The second kappa shape index (κ2) is 6.62. The summed E-state index contributed by atoms with van der Waals surface area (Å²) in [7, 11) is -3.88. The molecule has 1 amide bonds. The molecule has 0 fully saturated rings. The fourth-order valence-electron chi connectivity index (χ4n) is 2.13. The molecule has 0 aliphatic heterocycles. The van der Waals surface area contributed by atoms with Gasteiger partial charge in [0.05, 0.1) is 0 Å². The molecule has 1 aromatic rings. The van der Waals surface area contributed by atoms with Gasteiger partial charge in [0, 0.05) is 19.2 Å². The van der Waals surface area contributed by atoms with Crippen molar-refractivity contribution in [2.24, 2.45) is 17.0 Å². The number of sulfonamides is 1. The van der Waals surface area contributed by atoms with Crippen LogP contribution in [0.15, 0.2) is 15.4 Å². The van der Waals surface area contributed by atoms with Gasteiger partial charge < -0.3 is 9.32 Å². The first-order valence-corrected chi connectivity index (χ1v) is 8.49. The summed E-state index contributed by atoms with van der Waals surface area (Å²) in [6.45, 7) is 10.7. The van der Waals surface area contributed by atoms with Crippen LogP contribution in [-0.4, -0.2) is 32.3 Å². The van der Waals surface area contributed by atoms with Gasteiger partial charge in [0.25, 0.3) is 5.91 Å². The van der Waals surface area contributed by atoms with E-state index in [0.717, 1.165) is 0 Å². The molecule has 0 saturated heterocycles. The summed E-state index contributed by atoms with van der Waals surface area (Å²) in [5, 5.41) is 5.10. The SMILES string of the molecule is Cc1oc(C(=O)N(CC(C)C)CC(C)C)cc1S(N)(=O)=O. The Morgan fingerprint density at radius 3 is 2.05 bits per heavy atom. The molecular weight excluding hydrogens is 292 g/mol. The van der Waals surface area contributed by atoms with Gasteiger partial charge in [-0.15, -0.1) is 0 Å². The molecule has 2 N–H and O–H groups in total. The van der Waals surface area contributed by atoms with Gasteiger partial charge in [-0.25, -0.2) is 13.6 Å². The van der Waals surface area contributed by atoms with E-state index in [9.17, 15) is 13.2 Å². The van der Waals surface area contributed by atoms with E-state index >= 15 is 0 Å². The standard InChI is InChI=1S/C14H24N2O4S/c1-9(2)7-16(8-10(3)4)14(17)12-6-13(11(5)20-12)21(15,18)19/h6,9-10H,7-8H2,1-5H3,(H2,15,18,19). The lowest BCUT2D eigenvalue weighted by atomic mass is 10.1. The molecule has 0 aromatic carbocycles. The molecule has 0 aliphatic rings. The second-order valence-corrected chi connectivity index (χ2v) is 7.60. The third kappa shape index (κ3) is 4.86. The number of furan rings is 1. The Bertz CT molecular complexity index is 592. The number of nitrogens with zero attached hydrogens (tertiary/aromatic N) is 1.